The molecule has 2 heterocycles. The van der Waals surface area contributed by atoms with Crippen molar-refractivity contribution in [1.29, 1.82) is 0 Å². The van der Waals surface area contributed by atoms with Crippen molar-refractivity contribution >= 4 is 0 Å². The molecule has 2 bridgehead atoms. The highest BCUT2D eigenvalue weighted by Gasteiger charge is 2.49. The minimum atomic E-state index is -0.701. The zero-order valence-electron chi connectivity index (χ0n) is 13.0. The first-order valence-corrected chi connectivity index (χ1v) is 8.49. The van der Waals surface area contributed by atoms with E-state index < -0.39 is 5.60 Å². The van der Waals surface area contributed by atoms with E-state index in [1.165, 1.54) is 22.3 Å². The lowest BCUT2D eigenvalue weighted by atomic mass is 9.71. The van der Waals surface area contributed by atoms with Crippen molar-refractivity contribution in [1.82, 2.24) is 5.32 Å². The molecule has 1 aliphatic carbocycles. The van der Waals surface area contributed by atoms with Gasteiger partial charge in [0.2, 0.25) is 0 Å². The van der Waals surface area contributed by atoms with Gasteiger partial charge in [-0.1, -0.05) is 48.5 Å². The Balaban J connectivity index is 1.65. The molecule has 0 radical (unpaired) electrons. The molecule has 0 aromatic heterocycles. The number of hydrogen-bond acceptors (Lipinski definition) is 3. The van der Waals surface area contributed by atoms with Crippen LogP contribution in [0.15, 0.2) is 48.5 Å². The molecule has 3 aliphatic rings. The number of rotatable bonds is 1. The predicted molar refractivity (Wildman–Crippen MR) is 89.4 cm³/mol. The Morgan fingerprint density at radius 1 is 0.870 bits per heavy atom. The van der Waals surface area contributed by atoms with Crippen molar-refractivity contribution in [3.63, 3.8) is 0 Å². The van der Waals surface area contributed by atoms with Crippen molar-refractivity contribution < 1.29 is 9.84 Å². The van der Waals surface area contributed by atoms with Gasteiger partial charge in [0, 0.05) is 18.0 Å². The van der Waals surface area contributed by atoms with E-state index in [1.54, 1.807) is 0 Å². The second kappa shape index (κ2) is 4.91. The molecule has 2 aromatic carbocycles. The molecule has 2 aliphatic heterocycles. The van der Waals surface area contributed by atoms with Crippen molar-refractivity contribution in [2.75, 3.05) is 13.2 Å². The van der Waals surface area contributed by atoms with Crippen LogP contribution in [0.2, 0.25) is 0 Å². The predicted octanol–water partition coefficient (Wildman–Crippen LogP) is 2.68. The van der Waals surface area contributed by atoms with Gasteiger partial charge in [0.1, 0.15) is 0 Å². The number of aliphatic hydroxyl groups is 1. The third-order valence-electron chi connectivity index (χ3n) is 5.68. The van der Waals surface area contributed by atoms with Gasteiger partial charge in [0.15, 0.2) is 0 Å². The Kier molecular flexibility index (Phi) is 2.93. The summed E-state index contributed by atoms with van der Waals surface area (Å²) in [4.78, 5) is 0. The molecule has 2 atom stereocenters. The van der Waals surface area contributed by atoms with E-state index in [1.807, 2.05) is 0 Å². The zero-order valence-corrected chi connectivity index (χ0v) is 13.0. The van der Waals surface area contributed by atoms with Crippen LogP contribution in [0.1, 0.15) is 29.9 Å². The number of piperidine rings is 1. The van der Waals surface area contributed by atoms with Crippen LogP contribution in [0.3, 0.4) is 0 Å². The average Bonchev–Trinajstić information content (AvgIpc) is 2.89. The van der Waals surface area contributed by atoms with Crippen molar-refractivity contribution in [2.24, 2.45) is 0 Å². The second-order valence-corrected chi connectivity index (χ2v) is 7.22. The van der Waals surface area contributed by atoms with E-state index in [-0.39, 0.29) is 18.0 Å². The molecule has 23 heavy (non-hydrogen) atoms. The Morgan fingerprint density at radius 3 is 1.96 bits per heavy atom. The van der Waals surface area contributed by atoms with E-state index in [0.29, 0.717) is 13.2 Å². The minimum absolute atomic E-state index is 0.0695. The average molecular weight is 307 g/mol. The van der Waals surface area contributed by atoms with Gasteiger partial charge < -0.3 is 15.2 Å². The van der Waals surface area contributed by atoms with Gasteiger partial charge in [0.05, 0.1) is 18.8 Å². The van der Waals surface area contributed by atoms with Crippen molar-refractivity contribution in [3.05, 3.63) is 59.7 Å². The summed E-state index contributed by atoms with van der Waals surface area (Å²) in [5.74, 6) is 0.0695. The maximum absolute atomic E-state index is 11.7. The highest BCUT2D eigenvalue weighted by atomic mass is 16.5. The van der Waals surface area contributed by atoms with E-state index in [9.17, 15) is 5.11 Å². The van der Waals surface area contributed by atoms with Gasteiger partial charge in [-0.05, 0) is 35.1 Å². The third-order valence-corrected chi connectivity index (χ3v) is 5.68. The number of fused-ring (bicyclic) bond motifs is 5. The lowest BCUT2D eigenvalue weighted by molar-refractivity contribution is -0.0834. The Labute approximate surface area is 136 Å². The summed E-state index contributed by atoms with van der Waals surface area (Å²) in [5, 5.41) is 15.3. The first-order valence-electron chi connectivity index (χ1n) is 8.49. The van der Waals surface area contributed by atoms with Crippen molar-refractivity contribution in [2.45, 2.75) is 36.4 Å². The molecule has 2 aromatic rings. The number of ether oxygens (including phenoxy) is 1. The molecule has 0 spiro atoms. The van der Waals surface area contributed by atoms with Crippen LogP contribution in [0, 0.1) is 0 Å². The smallest absolute Gasteiger partial charge is 0.0788 e. The van der Waals surface area contributed by atoms with Crippen LogP contribution in [-0.2, 0) is 4.74 Å². The molecule has 118 valence electrons. The van der Waals surface area contributed by atoms with Crippen LogP contribution in [-0.4, -0.2) is 36.0 Å². The Hall–Kier alpha value is -1.68. The van der Waals surface area contributed by atoms with Crippen LogP contribution in [0.5, 0.6) is 0 Å². The molecule has 2 saturated heterocycles. The summed E-state index contributed by atoms with van der Waals surface area (Å²) in [6.07, 6.45) is 1.49. The minimum Gasteiger partial charge on any atom is -0.389 e. The summed E-state index contributed by atoms with van der Waals surface area (Å²) >= 11 is 0. The van der Waals surface area contributed by atoms with Gasteiger partial charge in [0.25, 0.3) is 0 Å². The van der Waals surface area contributed by atoms with Gasteiger partial charge >= 0.3 is 0 Å². The lowest BCUT2D eigenvalue weighted by Gasteiger charge is -2.48. The highest BCUT2D eigenvalue weighted by molar-refractivity contribution is 5.79. The van der Waals surface area contributed by atoms with E-state index in [4.69, 9.17) is 4.74 Å². The molecular formula is C20H21NO2. The van der Waals surface area contributed by atoms with Crippen LogP contribution < -0.4 is 5.32 Å². The van der Waals surface area contributed by atoms with Crippen LogP contribution >= 0.6 is 0 Å². The quantitative estimate of drug-likeness (QED) is 0.851. The molecule has 2 unspecified atom stereocenters. The number of hydrogen-bond donors (Lipinski definition) is 2. The summed E-state index contributed by atoms with van der Waals surface area (Å²) in [5.41, 5.74) is 4.41. The van der Waals surface area contributed by atoms with E-state index in [2.05, 4.69) is 53.8 Å². The number of nitrogens with one attached hydrogen (secondary N) is 1. The topological polar surface area (TPSA) is 41.5 Å². The summed E-state index contributed by atoms with van der Waals surface area (Å²) in [6, 6.07) is 17.6. The van der Waals surface area contributed by atoms with Gasteiger partial charge in [-0.3, -0.25) is 0 Å². The highest BCUT2D eigenvalue weighted by Crippen LogP contribution is 2.52. The molecule has 2 N–H and O–H groups in total. The normalized spacial score (nSPS) is 32.4. The van der Waals surface area contributed by atoms with Gasteiger partial charge in [-0.2, -0.15) is 0 Å². The standard InChI is InChI=1S/C20H21NO2/c22-20(9-13-11-23-12-14(10-20)21-13)19-17-7-3-1-5-15(17)16-6-2-4-8-18(16)19/h1-8,13-14,19,21-22H,9-12H2. The molecular weight excluding hydrogens is 286 g/mol. The maximum atomic E-state index is 11.7. The SMILES string of the molecule is OC1(C2c3ccccc3-c3ccccc32)CC2COCC(C1)N2. The fourth-order valence-electron chi connectivity index (χ4n) is 4.92. The summed E-state index contributed by atoms with van der Waals surface area (Å²) in [6.45, 7) is 1.41. The molecule has 3 heteroatoms. The molecule has 0 saturated carbocycles. The van der Waals surface area contributed by atoms with E-state index >= 15 is 0 Å². The fourth-order valence-corrected chi connectivity index (χ4v) is 4.92. The first-order chi connectivity index (χ1) is 11.2. The number of benzene rings is 2. The van der Waals surface area contributed by atoms with Gasteiger partial charge in [-0.15, -0.1) is 0 Å². The van der Waals surface area contributed by atoms with Gasteiger partial charge in [-0.25, -0.2) is 0 Å². The first kappa shape index (κ1) is 13.7. The Bertz CT molecular complexity index is 699. The maximum Gasteiger partial charge on any atom is 0.0788 e. The molecule has 0 amide bonds. The number of morpholine rings is 1. The summed E-state index contributed by atoms with van der Waals surface area (Å²) < 4.78 is 5.66. The third kappa shape index (κ3) is 2.01. The molecule has 5 rings (SSSR count). The van der Waals surface area contributed by atoms with Crippen LogP contribution in [0.4, 0.5) is 0 Å². The van der Waals surface area contributed by atoms with Crippen molar-refractivity contribution in [3.8, 4) is 11.1 Å². The lowest BCUT2D eigenvalue weighted by Crippen LogP contribution is -2.61. The molecule has 2 fully saturated rings. The zero-order chi connectivity index (χ0) is 15.4. The fraction of sp³-hybridized carbons (Fsp3) is 0.400. The second-order valence-electron chi connectivity index (χ2n) is 7.22. The van der Waals surface area contributed by atoms with E-state index in [0.717, 1.165) is 12.8 Å². The molecule has 3 nitrogen and oxygen atoms in total. The monoisotopic (exact) mass is 307 g/mol. The largest absolute Gasteiger partial charge is 0.389 e. The Morgan fingerprint density at radius 2 is 1.39 bits per heavy atom. The van der Waals surface area contributed by atoms with Crippen LogP contribution in [0.25, 0.3) is 11.1 Å². The summed E-state index contributed by atoms with van der Waals surface area (Å²) in [7, 11) is 0.